The molecule has 1 N–H and O–H groups in total. The maximum Gasteiger partial charge on any atom is 0.222 e. The molecule has 1 aromatic carbocycles. The lowest BCUT2D eigenvalue weighted by molar-refractivity contribution is -0.122. The van der Waals surface area contributed by atoms with E-state index in [1.807, 2.05) is 12.3 Å². The van der Waals surface area contributed by atoms with E-state index in [4.69, 9.17) is 4.74 Å². The van der Waals surface area contributed by atoms with E-state index in [0.29, 0.717) is 25.3 Å². The molecule has 1 aliphatic rings. The third-order valence-corrected chi connectivity index (χ3v) is 3.71. The number of carbonyl (C=O) groups is 1. The van der Waals surface area contributed by atoms with Crippen molar-refractivity contribution in [1.82, 2.24) is 15.1 Å². The first-order chi connectivity index (χ1) is 10.7. The first-order valence-electron chi connectivity index (χ1n) is 7.41. The lowest BCUT2D eigenvalue weighted by Gasteiger charge is -2.18. The Balaban J connectivity index is 1.65. The van der Waals surface area contributed by atoms with Gasteiger partial charge in [0.1, 0.15) is 11.6 Å². The smallest absolute Gasteiger partial charge is 0.222 e. The molecule has 0 unspecified atom stereocenters. The average Bonchev–Trinajstić information content (AvgIpc) is 2.95. The highest BCUT2D eigenvalue weighted by Gasteiger charge is 2.21. The number of nitrogens with one attached hydrogen (secondary N) is 1. The first-order valence-corrected chi connectivity index (χ1v) is 7.41. The van der Waals surface area contributed by atoms with Gasteiger partial charge in [-0.2, -0.15) is 5.10 Å². The van der Waals surface area contributed by atoms with Gasteiger partial charge in [0.05, 0.1) is 12.6 Å². The van der Waals surface area contributed by atoms with Crippen molar-refractivity contribution < 1.29 is 13.9 Å². The highest BCUT2D eigenvalue weighted by atomic mass is 19.1. The van der Waals surface area contributed by atoms with Crippen molar-refractivity contribution in [1.29, 1.82) is 0 Å². The van der Waals surface area contributed by atoms with Crippen LogP contribution in [0.4, 0.5) is 4.39 Å². The quantitative estimate of drug-likeness (QED) is 0.944. The molecule has 1 aromatic heterocycles. The van der Waals surface area contributed by atoms with Crippen LogP contribution in [0.3, 0.4) is 0 Å². The van der Waals surface area contributed by atoms with Gasteiger partial charge in [0.15, 0.2) is 0 Å². The summed E-state index contributed by atoms with van der Waals surface area (Å²) >= 11 is 0. The second-order valence-corrected chi connectivity index (χ2v) is 5.31. The summed E-state index contributed by atoms with van der Waals surface area (Å²) in [6, 6.07) is 6.16. The van der Waals surface area contributed by atoms with E-state index in [1.54, 1.807) is 16.9 Å². The predicted molar refractivity (Wildman–Crippen MR) is 78.9 cm³/mol. The molecule has 2 aromatic rings. The summed E-state index contributed by atoms with van der Waals surface area (Å²) in [5.74, 6) is 0.150. The number of fused-ring (bicyclic) bond motifs is 1. The number of aryl methyl sites for hydroxylation is 1. The Labute approximate surface area is 128 Å². The molecule has 22 heavy (non-hydrogen) atoms. The number of amides is 1. The Morgan fingerprint density at radius 2 is 2.41 bits per heavy atom. The molecular weight excluding hydrogens is 285 g/mol. The number of halogens is 1. The van der Waals surface area contributed by atoms with E-state index in [2.05, 4.69) is 10.4 Å². The summed E-state index contributed by atoms with van der Waals surface area (Å²) in [7, 11) is 0. The predicted octanol–water partition coefficient (Wildman–Crippen LogP) is 2.44. The van der Waals surface area contributed by atoms with Gasteiger partial charge in [-0.3, -0.25) is 9.48 Å². The summed E-state index contributed by atoms with van der Waals surface area (Å²) in [4.78, 5) is 12.1. The molecule has 0 aliphatic carbocycles. The lowest BCUT2D eigenvalue weighted by Crippen LogP contribution is -2.29. The highest BCUT2D eigenvalue weighted by Crippen LogP contribution is 2.32. The molecule has 5 nitrogen and oxygen atoms in total. The number of nitrogens with zero attached hydrogens (tertiary/aromatic N) is 2. The highest BCUT2D eigenvalue weighted by molar-refractivity contribution is 5.76. The van der Waals surface area contributed by atoms with Crippen molar-refractivity contribution in [2.45, 2.75) is 31.8 Å². The van der Waals surface area contributed by atoms with Gasteiger partial charge < -0.3 is 10.1 Å². The molecular formula is C16H18FN3O2. The van der Waals surface area contributed by atoms with E-state index in [-0.39, 0.29) is 17.8 Å². The van der Waals surface area contributed by atoms with Crippen molar-refractivity contribution in [2.75, 3.05) is 6.61 Å². The number of hydrogen-bond acceptors (Lipinski definition) is 3. The van der Waals surface area contributed by atoms with Crippen LogP contribution in [0.15, 0.2) is 36.7 Å². The Morgan fingerprint density at radius 1 is 1.50 bits per heavy atom. The second kappa shape index (κ2) is 6.60. The third-order valence-electron chi connectivity index (χ3n) is 3.71. The number of benzene rings is 1. The summed E-state index contributed by atoms with van der Waals surface area (Å²) < 4.78 is 20.6. The molecule has 0 bridgehead atoms. The SMILES string of the molecule is O=C(CCn1cccn1)N[C@@H]1CCCOc2cc(F)ccc21. The molecule has 116 valence electrons. The van der Waals surface area contributed by atoms with Crippen molar-refractivity contribution in [3.63, 3.8) is 0 Å². The second-order valence-electron chi connectivity index (χ2n) is 5.31. The fourth-order valence-electron chi connectivity index (χ4n) is 2.61. The van der Waals surface area contributed by atoms with Gasteiger partial charge in [-0.1, -0.05) is 6.07 Å². The van der Waals surface area contributed by atoms with E-state index in [1.165, 1.54) is 12.1 Å². The molecule has 0 fully saturated rings. The standard InChI is InChI=1S/C16H18FN3O2/c17-12-4-5-13-14(3-1-10-22-15(13)11-12)19-16(21)6-9-20-8-2-7-18-20/h2,4-5,7-8,11,14H,1,3,6,9-10H2,(H,19,21)/t14-/m1/s1. The molecule has 0 radical (unpaired) electrons. The van der Waals surface area contributed by atoms with E-state index in [0.717, 1.165) is 18.4 Å². The molecule has 0 spiro atoms. The van der Waals surface area contributed by atoms with Gasteiger partial charge in [-0.25, -0.2) is 4.39 Å². The van der Waals surface area contributed by atoms with Gasteiger partial charge in [-0.15, -0.1) is 0 Å². The zero-order valence-electron chi connectivity index (χ0n) is 12.2. The molecule has 1 atom stereocenters. The van der Waals surface area contributed by atoms with Crippen LogP contribution < -0.4 is 10.1 Å². The molecule has 3 rings (SSSR count). The van der Waals surface area contributed by atoms with Gasteiger partial charge in [0.25, 0.3) is 0 Å². The monoisotopic (exact) mass is 303 g/mol. The minimum atomic E-state index is -0.329. The topological polar surface area (TPSA) is 56.2 Å². The third kappa shape index (κ3) is 3.44. The number of hydrogen-bond donors (Lipinski definition) is 1. The van der Waals surface area contributed by atoms with E-state index in [9.17, 15) is 9.18 Å². The summed E-state index contributed by atoms with van der Waals surface area (Å²) in [6.07, 6.45) is 5.47. The van der Waals surface area contributed by atoms with Gasteiger partial charge in [0.2, 0.25) is 5.91 Å². The van der Waals surface area contributed by atoms with Crippen molar-refractivity contribution in [2.24, 2.45) is 0 Å². The summed E-state index contributed by atoms with van der Waals surface area (Å²) in [5.41, 5.74) is 0.839. The van der Waals surface area contributed by atoms with Crippen LogP contribution in [-0.2, 0) is 11.3 Å². The zero-order valence-corrected chi connectivity index (χ0v) is 12.2. The van der Waals surface area contributed by atoms with Crippen LogP contribution in [0.25, 0.3) is 0 Å². The van der Waals surface area contributed by atoms with E-state index < -0.39 is 0 Å². The minimum Gasteiger partial charge on any atom is -0.493 e. The fraction of sp³-hybridized carbons (Fsp3) is 0.375. The molecule has 0 saturated carbocycles. The van der Waals surface area contributed by atoms with Crippen molar-refractivity contribution in [3.05, 3.63) is 48.0 Å². The zero-order chi connectivity index (χ0) is 15.4. The Morgan fingerprint density at radius 3 is 3.23 bits per heavy atom. The van der Waals surface area contributed by atoms with Crippen LogP contribution >= 0.6 is 0 Å². The van der Waals surface area contributed by atoms with E-state index >= 15 is 0 Å². The summed E-state index contributed by atoms with van der Waals surface area (Å²) in [6.45, 7) is 1.08. The van der Waals surface area contributed by atoms with Crippen LogP contribution in [0, 0.1) is 5.82 Å². The normalized spacial score (nSPS) is 17.2. The number of ether oxygens (including phenoxy) is 1. The largest absolute Gasteiger partial charge is 0.493 e. The average molecular weight is 303 g/mol. The summed E-state index contributed by atoms with van der Waals surface area (Å²) in [5, 5.41) is 7.09. The Kier molecular flexibility index (Phi) is 4.37. The van der Waals surface area contributed by atoms with Gasteiger partial charge in [-0.05, 0) is 25.0 Å². The first kappa shape index (κ1) is 14.6. The van der Waals surface area contributed by atoms with Crippen molar-refractivity contribution in [3.8, 4) is 5.75 Å². The Bertz CT molecular complexity index is 643. The fourth-order valence-corrected chi connectivity index (χ4v) is 2.61. The Hall–Kier alpha value is -2.37. The van der Waals surface area contributed by atoms with Crippen LogP contribution in [0.5, 0.6) is 5.75 Å². The maximum atomic E-state index is 13.3. The number of rotatable bonds is 4. The molecule has 0 saturated heterocycles. The van der Waals surface area contributed by atoms with Crippen LogP contribution in [0.1, 0.15) is 30.9 Å². The lowest BCUT2D eigenvalue weighted by atomic mass is 10.0. The number of aromatic nitrogens is 2. The molecule has 6 heteroatoms. The van der Waals surface area contributed by atoms with Gasteiger partial charge in [0, 0.05) is 37.0 Å². The molecule has 1 aliphatic heterocycles. The maximum absolute atomic E-state index is 13.3. The van der Waals surface area contributed by atoms with Crippen LogP contribution in [-0.4, -0.2) is 22.3 Å². The number of carbonyl (C=O) groups excluding carboxylic acids is 1. The molecule has 2 heterocycles. The van der Waals surface area contributed by atoms with Gasteiger partial charge >= 0.3 is 0 Å². The minimum absolute atomic E-state index is 0.0438. The van der Waals surface area contributed by atoms with Crippen LogP contribution in [0.2, 0.25) is 0 Å². The van der Waals surface area contributed by atoms with Crippen molar-refractivity contribution >= 4 is 5.91 Å². The molecule has 1 amide bonds.